The van der Waals surface area contributed by atoms with Crippen LogP contribution in [0.3, 0.4) is 0 Å². The third-order valence-corrected chi connectivity index (χ3v) is 4.72. The van der Waals surface area contributed by atoms with Crippen molar-refractivity contribution in [2.75, 3.05) is 0 Å². The van der Waals surface area contributed by atoms with Crippen molar-refractivity contribution >= 4 is 23.5 Å². The number of ether oxygens (including phenoxy) is 2. The van der Waals surface area contributed by atoms with E-state index in [1.165, 1.54) is 54.6 Å². The van der Waals surface area contributed by atoms with Crippen molar-refractivity contribution in [2.45, 2.75) is 6.92 Å². The number of Topliss-reactive ketones (excluding diaryl/α,β-unsaturated/α-hetero) is 1. The van der Waals surface area contributed by atoms with Gasteiger partial charge in [0.2, 0.25) is 5.78 Å². The number of nitro groups is 1. The molecule has 0 aliphatic carbocycles. The molecule has 0 aromatic heterocycles. The molecule has 31 heavy (non-hydrogen) atoms. The quantitative estimate of drug-likeness (QED) is 0.197. The van der Waals surface area contributed by atoms with Gasteiger partial charge in [0.15, 0.2) is 5.76 Å². The lowest BCUT2D eigenvalue weighted by atomic mass is 10.1. The Hall–Kier alpha value is -4.33. The lowest BCUT2D eigenvalue weighted by molar-refractivity contribution is -0.384. The van der Waals surface area contributed by atoms with Crippen LogP contribution in [0.1, 0.15) is 31.8 Å². The highest BCUT2D eigenvalue weighted by molar-refractivity contribution is 6.15. The van der Waals surface area contributed by atoms with Gasteiger partial charge in [-0.25, -0.2) is 9.18 Å². The molecular weight excluding hydrogens is 405 g/mol. The maximum absolute atomic E-state index is 13.0. The molecule has 7 nitrogen and oxygen atoms in total. The normalized spacial score (nSPS) is 13.6. The summed E-state index contributed by atoms with van der Waals surface area (Å²) in [5.41, 5.74) is 1.44. The van der Waals surface area contributed by atoms with Crippen LogP contribution in [-0.2, 0) is 0 Å². The Bertz CT molecular complexity index is 1250. The van der Waals surface area contributed by atoms with Crippen molar-refractivity contribution in [1.82, 2.24) is 0 Å². The van der Waals surface area contributed by atoms with Gasteiger partial charge in [0.25, 0.3) is 5.69 Å². The summed E-state index contributed by atoms with van der Waals surface area (Å²) in [5, 5.41) is 10.8. The molecular formula is C23H14FNO6. The van der Waals surface area contributed by atoms with E-state index < -0.39 is 16.7 Å². The number of carbonyl (C=O) groups excluding carboxylic acids is 2. The Morgan fingerprint density at radius 1 is 1.06 bits per heavy atom. The van der Waals surface area contributed by atoms with E-state index >= 15 is 0 Å². The van der Waals surface area contributed by atoms with Crippen molar-refractivity contribution in [2.24, 2.45) is 0 Å². The number of hydrogen-bond donors (Lipinski definition) is 0. The zero-order valence-electron chi connectivity index (χ0n) is 16.1. The van der Waals surface area contributed by atoms with E-state index in [0.717, 1.165) is 12.1 Å². The first-order valence-corrected chi connectivity index (χ1v) is 9.13. The van der Waals surface area contributed by atoms with Crippen LogP contribution in [0.15, 0.2) is 66.4 Å². The molecule has 0 N–H and O–H groups in total. The second-order valence-corrected chi connectivity index (χ2v) is 6.75. The zero-order valence-corrected chi connectivity index (χ0v) is 16.1. The van der Waals surface area contributed by atoms with Gasteiger partial charge in [-0.1, -0.05) is 0 Å². The number of halogens is 1. The van der Waals surface area contributed by atoms with Crippen LogP contribution in [0.2, 0.25) is 0 Å². The van der Waals surface area contributed by atoms with E-state index in [-0.39, 0.29) is 34.3 Å². The second-order valence-electron chi connectivity index (χ2n) is 6.75. The molecule has 0 atom stereocenters. The molecule has 0 bridgehead atoms. The Morgan fingerprint density at radius 2 is 1.74 bits per heavy atom. The number of benzene rings is 3. The molecule has 0 unspecified atom stereocenters. The van der Waals surface area contributed by atoms with Gasteiger partial charge in [-0.3, -0.25) is 14.9 Å². The Labute approximate surface area is 175 Å². The van der Waals surface area contributed by atoms with Crippen LogP contribution < -0.4 is 9.47 Å². The highest BCUT2D eigenvalue weighted by Gasteiger charge is 2.30. The lowest BCUT2D eigenvalue weighted by Gasteiger charge is -2.10. The van der Waals surface area contributed by atoms with Crippen molar-refractivity contribution < 1.29 is 28.4 Å². The van der Waals surface area contributed by atoms with Crippen molar-refractivity contribution in [3.63, 3.8) is 0 Å². The molecule has 3 aromatic carbocycles. The van der Waals surface area contributed by atoms with E-state index in [1.54, 1.807) is 6.92 Å². The molecule has 1 aliphatic heterocycles. The van der Waals surface area contributed by atoms with Gasteiger partial charge in [0, 0.05) is 17.7 Å². The molecule has 154 valence electrons. The predicted octanol–water partition coefficient (Wildman–Crippen LogP) is 4.88. The molecule has 0 amide bonds. The van der Waals surface area contributed by atoms with Gasteiger partial charge < -0.3 is 9.47 Å². The van der Waals surface area contributed by atoms with Gasteiger partial charge >= 0.3 is 5.97 Å². The summed E-state index contributed by atoms with van der Waals surface area (Å²) < 4.78 is 24.1. The summed E-state index contributed by atoms with van der Waals surface area (Å²) in [6, 6.07) is 13.6. The van der Waals surface area contributed by atoms with Gasteiger partial charge in [-0.05, 0) is 67.1 Å². The molecule has 0 saturated carbocycles. The van der Waals surface area contributed by atoms with E-state index in [1.807, 2.05) is 0 Å². The van der Waals surface area contributed by atoms with E-state index in [4.69, 9.17) is 9.47 Å². The fourth-order valence-corrected chi connectivity index (χ4v) is 3.07. The van der Waals surface area contributed by atoms with Gasteiger partial charge in [-0.15, -0.1) is 0 Å². The fourth-order valence-electron chi connectivity index (χ4n) is 3.07. The highest BCUT2D eigenvalue weighted by atomic mass is 19.1. The first kappa shape index (κ1) is 20.0. The molecule has 0 spiro atoms. The Kier molecular flexibility index (Phi) is 5.04. The van der Waals surface area contributed by atoms with Crippen LogP contribution in [-0.4, -0.2) is 16.7 Å². The molecule has 1 heterocycles. The first-order chi connectivity index (χ1) is 14.8. The first-order valence-electron chi connectivity index (χ1n) is 9.13. The third-order valence-electron chi connectivity index (χ3n) is 4.72. The lowest BCUT2D eigenvalue weighted by Crippen LogP contribution is -2.09. The molecule has 0 radical (unpaired) electrons. The average molecular weight is 419 g/mol. The summed E-state index contributed by atoms with van der Waals surface area (Å²) >= 11 is 0. The standard InChI is InChI=1S/C23H14FNO6/c1-13-19(31-23(27)15-4-6-16(24)7-5-15)11-10-18-21(26)20(30-22(13)18)12-14-2-8-17(9-3-14)25(28)29/h2-12H,1H3/b20-12-. The third kappa shape index (κ3) is 3.91. The number of nitro benzene ring substituents is 1. The van der Waals surface area contributed by atoms with Crippen LogP contribution in [0.5, 0.6) is 11.5 Å². The fraction of sp³-hybridized carbons (Fsp3) is 0.0435. The number of nitrogens with zero attached hydrogens (tertiary/aromatic N) is 1. The predicted molar refractivity (Wildman–Crippen MR) is 109 cm³/mol. The maximum Gasteiger partial charge on any atom is 0.343 e. The van der Waals surface area contributed by atoms with Crippen LogP contribution in [0.25, 0.3) is 6.08 Å². The van der Waals surface area contributed by atoms with Crippen LogP contribution in [0.4, 0.5) is 10.1 Å². The minimum atomic E-state index is -0.672. The smallest absolute Gasteiger partial charge is 0.343 e. The number of hydrogen-bond acceptors (Lipinski definition) is 6. The second kappa shape index (κ2) is 7.83. The molecule has 0 saturated heterocycles. The summed E-state index contributed by atoms with van der Waals surface area (Å²) in [5.74, 6) is -0.972. The topological polar surface area (TPSA) is 95.7 Å². The number of allylic oxidation sites excluding steroid dienone is 1. The minimum absolute atomic E-state index is 0.0500. The average Bonchev–Trinajstić information content (AvgIpc) is 3.07. The highest BCUT2D eigenvalue weighted by Crippen LogP contribution is 2.39. The minimum Gasteiger partial charge on any atom is -0.452 e. The number of fused-ring (bicyclic) bond motifs is 1. The number of esters is 1. The van der Waals surface area contributed by atoms with E-state index in [2.05, 4.69) is 0 Å². The number of rotatable bonds is 4. The summed E-state index contributed by atoms with van der Waals surface area (Å²) in [6.07, 6.45) is 1.48. The summed E-state index contributed by atoms with van der Waals surface area (Å²) in [6.45, 7) is 1.65. The summed E-state index contributed by atoms with van der Waals surface area (Å²) in [7, 11) is 0. The Morgan fingerprint density at radius 3 is 2.39 bits per heavy atom. The number of ketones is 1. The Balaban J connectivity index is 1.58. The SMILES string of the molecule is Cc1c(OC(=O)c2ccc(F)cc2)ccc2c1O/C(=C\c1ccc([N+](=O)[O-])cc1)C2=O. The zero-order chi connectivity index (χ0) is 22.1. The van der Waals surface area contributed by atoms with Gasteiger partial charge in [0.05, 0.1) is 16.1 Å². The van der Waals surface area contributed by atoms with Crippen molar-refractivity contribution in [3.05, 3.63) is 105 Å². The van der Waals surface area contributed by atoms with E-state index in [0.29, 0.717) is 16.7 Å². The van der Waals surface area contributed by atoms with E-state index in [9.17, 15) is 24.1 Å². The monoisotopic (exact) mass is 419 g/mol. The molecule has 3 aromatic rings. The molecule has 0 fully saturated rings. The largest absolute Gasteiger partial charge is 0.452 e. The van der Waals surface area contributed by atoms with Gasteiger partial charge in [0.1, 0.15) is 17.3 Å². The van der Waals surface area contributed by atoms with Crippen LogP contribution in [0, 0.1) is 22.9 Å². The molecule has 4 rings (SSSR count). The molecule has 1 aliphatic rings. The maximum atomic E-state index is 13.0. The number of carbonyl (C=O) groups is 2. The molecule has 8 heteroatoms. The van der Waals surface area contributed by atoms with Crippen molar-refractivity contribution in [1.29, 1.82) is 0 Å². The van der Waals surface area contributed by atoms with Crippen LogP contribution >= 0.6 is 0 Å². The van der Waals surface area contributed by atoms with Gasteiger partial charge in [-0.2, -0.15) is 0 Å². The summed E-state index contributed by atoms with van der Waals surface area (Å²) in [4.78, 5) is 35.2. The number of non-ortho nitro benzene ring substituents is 1. The van der Waals surface area contributed by atoms with Crippen molar-refractivity contribution in [3.8, 4) is 11.5 Å².